The molecule has 0 aliphatic heterocycles. The van der Waals surface area contributed by atoms with E-state index in [-0.39, 0.29) is 0 Å². The molecule has 0 unspecified atom stereocenters. The zero-order chi connectivity index (χ0) is 17.4. The van der Waals surface area contributed by atoms with E-state index in [0.29, 0.717) is 18.2 Å². The zero-order valence-electron chi connectivity index (χ0n) is 13.7. The van der Waals surface area contributed by atoms with Crippen LogP contribution in [-0.2, 0) is 4.74 Å². The lowest BCUT2D eigenvalue weighted by molar-refractivity contribution is 0.0521. The first-order valence-electron chi connectivity index (χ1n) is 7.78. The fourth-order valence-electron chi connectivity index (χ4n) is 2.93. The fraction of sp³-hybridized carbons (Fsp3) is 0.167. The van der Waals surface area contributed by atoms with E-state index >= 15 is 0 Å². The van der Waals surface area contributed by atoms with Gasteiger partial charge in [0.15, 0.2) is 0 Å². The van der Waals surface area contributed by atoms with E-state index in [1.54, 1.807) is 37.1 Å². The minimum absolute atomic E-state index is 0.300. The van der Waals surface area contributed by atoms with Crippen molar-refractivity contribution in [1.29, 1.82) is 0 Å². The Morgan fingerprint density at radius 2 is 2.20 bits per heavy atom. The van der Waals surface area contributed by atoms with Gasteiger partial charge in [-0.3, -0.25) is 0 Å². The lowest BCUT2D eigenvalue weighted by atomic mass is 10.0. The van der Waals surface area contributed by atoms with Gasteiger partial charge in [0.25, 0.3) is 0 Å². The first kappa shape index (κ1) is 15.6. The van der Waals surface area contributed by atoms with Crippen molar-refractivity contribution in [1.82, 2.24) is 15.0 Å². The number of thiazole rings is 1. The van der Waals surface area contributed by atoms with Crippen LogP contribution in [0.25, 0.3) is 32.2 Å². The van der Waals surface area contributed by atoms with E-state index in [1.807, 2.05) is 24.3 Å². The van der Waals surface area contributed by atoms with Crippen LogP contribution in [0, 0.1) is 0 Å². The molecule has 0 saturated carbocycles. The molecule has 3 heterocycles. The number of carbonyl (C=O) groups is 1. The molecule has 25 heavy (non-hydrogen) atoms. The predicted molar refractivity (Wildman–Crippen MR) is 97.2 cm³/mol. The SMILES string of the molecule is CCOC(=O)c1[nH]c2cc3ncsc3cc2c1-c1cccnc1OC. The summed E-state index contributed by atoms with van der Waals surface area (Å²) < 4.78 is 11.7. The monoisotopic (exact) mass is 353 g/mol. The maximum atomic E-state index is 12.5. The molecule has 0 spiro atoms. The highest BCUT2D eigenvalue weighted by molar-refractivity contribution is 7.16. The Morgan fingerprint density at radius 1 is 1.32 bits per heavy atom. The number of aromatic amines is 1. The molecular weight excluding hydrogens is 338 g/mol. The van der Waals surface area contributed by atoms with Crippen LogP contribution < -0.4 is 4.74 Å². The smallest absolute Gasteiger partial charge is 0.355 e. The maximum Gasteiger partial charge on any atom is 0.355 e. The second kappa shape index (κ2) is 6.18. The first-order chi connectivity index (χ1) is 12.2. The number of rotatable bonds is 4. The van der Waals surface area contributed by atoms with Crippen molar-refractivity contribution < 1.29 is 14.3 Å². The number of aromatic nitrogens is 3. The highest BCUT2D eigenvalue weighted by atomic mass is 32.1. The van der Waals surface area contributed by atoms with E-state index in [1.165, 1.54) is 0 Å². The molecule has 0 aliphatic carbocycles. The van der Waals surface area contributed by atoms with Crippen molar-refractivity contribution in [2.45, 2.75) is 6.92 Å². The number of pyridine rings is 1. The van der Waals surface area contributed by atoms with Gasteiger partial charge in [-0.2, -0.15) is 0 Å². The van der Waals surface area contributed by atoms with Gasteiger partial charge in [-0.1, -0.05) is 0 Å². The van der Waals surface area contributed by atoms with Gasteiger partial charge in [-0.05, 0) is 31.2 Å². The third-order valence-electron chi connectivity index (χ3n) is 3.96. The van der Waals surface area contributed by atoms with E-state index in [4.69, 9.17) is 9.47 Å². The van der Waals surface area contributed by atoms with Crippen molar-refractivity contribution in [3.05, 3.63) is 41.7 Å². The summed E-state index contributed by atoms with van der Waals surface area (Å²) in [5, 5.41) is 0.908. The summed E-state index contributed by atoms with van der Waals surface area (Å²) in [5.41, 5.74) is 5.37. The standard InChI is InChI=1S/C18H15N3O3S/c1-3-24-18(22)16-15(10-5-4-6-19-17(10)23-2)11-7-14-13(20-9-25-14)8-12(11)21-16/h4-9,21H,3H2,1-2H3. The number of nitrogens with zero attached hydrogens (tertiary/aromatic N) is 2. The normalized spacial score (nSPS) is 11.1. The molecule has 3 aromatic heterocycles. The molecule has 4 aromatic rings. The number of methoxy groups -OCH3 is 1. The van der Waals surface area contributed by atoms with Crippen LogP contribution in [0.4, 0.5) is 0 Å². The molecular formula is C18H15N3O3S. The number of carbonyl (C=O) groups excluding carboxylic acids is 1. The molecule has 1 N–H and O–H groups in total. The Hall–Kier alpha value is -2.93. The summed E-state index contributed by atoms with van der Waals surface area (Å²) in [6.45, 7) is 2.08. The minimum atomic E-state index is -0.407. The number of nitrogens with one attached hydrogen (secondary N) is 1. The van der Waals surface area contributed by atoms with E-state index in [9.17, 15) is 4.79 Å². The highest BCUT2D eigenvalue weighted by Gasteiger charge is 2.23. The van der Waals surface area contributed by atoms with Gasteiger partial charge in [0.05, 0.1) is 29.4 Å². The summed E-state index contributed by atoms with van der Waals surface area (Å²) >= 11 is 1.56. The molecule has 7 heteroatoms. The average molecular weight is 353 g/mol. The number of benzene rings is 1. The summed E-state index contributed by atoms with van der Waals surface area (Å²) in [5.74, 6) is 0.0502. The summed E-state index contributed by atoms with van der Waals surface area (Å²) in [6, 6.07) is 7.67. The summed E-state index contributed by atoms with van der Waals surface area (Å²) in [6.07, 6.45) is 1.66. The van der Waals surface area contributed by atoms with E-state index < -0.39 is 5.97 Å². The van der Waals surface area contributed by atoms with Gasteiger partial charge in [-0.15, -0.1) is 11.3 Å². The molecule has 4 rings (SSSR count). The highest BCUT2D eigenvalue weighted by Crippen LogP contribution is 2.39. The molecule has 0 atom stereocenters. The maximum absolute atomic E-state index is 12.5. The quantitative estimate of drug-likeness (QED) is 0.561. The molecule has 0 radical (unpaired) electrons. The molecule has 126 valence electrons. The van der Waals surface area contributed by atoms with Crippen LogP contribution in [0.15, 0.2) is 36.0 Å². The van der Waals surface area contributed by atoms with Crippen molar-refractivity contribution in [2.24, 2.45) is 0 Å². The Balaban J connectivity index is 2.07. The van der Waals surface area contributed by atoms with E-state index in [2.05, 4.69) is 15.0 Å². The third kappa shape index (κ3) is 2.53. The third-order valence-corrected chi connectivity index (χ3v) is 4.75. The van der Waals surface area contributed by atoms with Crippen molar-refractivity contribution in [3.63, 3.8) is 0 Å². The molecule has 0 saturated heterocycles. The second-order valence-electron chi connectivity index (χ2n) is 5.37. The van der Waals surface area contributed by atoms with Gasteiger partial charge in [0.1, 0.15) is 5.69 Å². The fourth-order valence-corrected chi connectivity index (χ4v) is 3.62. The van der Waals surface area contributed by atoms with Crippen LogP contribution in [-0.4, -0.2) is 34.6 Å². The van der Waals surface area contributed by atoms with Crippen molar-refractivity contribution in [2.75, 3.05) is 13.7 Å². The number of ether oxygens (including phenoxy) is 2. The van der Waals surface area contributed by atoms with Gasteiger partial charge in [0.2, 0.25) is 5.88 Å². The van der Waals surface area contributed by atoms with Crippen molar-refractivity contribution >= 4 is 38.4 Å². The topological polar surface area (TPSA) is 77.1 Å². The molecule has 0 bridgehead atoms. The van der Waals surface area contributed by atoms with E-state index in [0.717, 1.165) is 32.2 Å². The van der Waals surface area contributed by atoms with Gasteiger partial charge in [0, 0.05) is 28.2 Å². The Bertz CT molecular complexity index is 1080. The van der Waals surface area contributed by atoms with Crippen molar-refractivity contribution in [3.8, 4) is 17.0 Å². The van der Waals surface area contributed by atoms with Gasteiger partial charge in [-0.25, -0.2) is 14.8 Å². The van der Waals surface area contributed by atoms with Crippen LogP contribution >= 0.6 is 11.3 Å². The van der Waals surface area contributed by atoms with Crippen LogP contribution in [0.1, 0.15) is 17.4 Å². The van der Waals surface area contributed by atoms with Crippen LogP contribution in [0.3, 0.4) is 0 Å². The second-order valence-corrected chi connectivity index (χ2v) is 6.26. The number of H-pyrrole nitrogens is 1. The lowest BCUT2D eigenvalue weighted by Gasteiger charge is -2.08. The van der Waals surface area contributed by atoms with Gasteiger partial charge >= 0.3 is 5.97 Å². The summed E-state index contributed by atoms with van der Waals surface area (Å²) in [7, 11) is 1.56. The minimum Gasteiger partial charge on any atom is -0.481 e. The predicted octanol–water partition coefficient (Wildman–Crippen LogP) is 4.02. The molecule has 6 nitrogen and oxygen atoms in total. The summed E-state index contributed by atoms with van der Waals surface area (Å²) in [4.78, 5) is 24.3. The molecule has 0 aliphatic rings. The zero-order valence-corrected chi connectivity index (χ0v) is 14.5. The molecule has 1 aromatic carbocycles. The first-order valence-corrected chi connectivity index (χ1v) is 8.66. The number of hydrogen-bond acceptors (Lipinski definition) is 6. The van der Waals surface area contributed by atoms with Gasteiger partial charge < -0.3 is 14.5 Å². The van der Waals surface area contributed by atoms with Crippen LogP contribution in [0.5, 0.6) is 5.88 Å². The average Bonchev–Trinajstić information content (AvgIpc) is 3.23. The Kier molecular flexibility index (Phi) is 3.85. The molecule has 0 amide bonds. The largest absolute Gasteiger partial charge is 0.481 e. The lowest BCUT2D eigenvalue weighted by Crippen LogP contribution is -2.06. The Morgan fingerprint density at radius 3 is 3.00 bits per heavy atom. The number of esters is 1. The Labute approximate surface area is 147 Å². The number of hydrogen-bond donors (Lipinski definition) is 1. The number of fused-ring (bicyclic) bond motifs is 2. The molecule has 0 fully saturated rings. The van der Waals surface area contributed by atoms with Crippen LogP contribution in [0.2, 0.25) is 0 Å².